The van der Waals surface area contributed by atoms with Crippen LogP contribution >= 0.6 is 0 Å². The molecule has 0 radical (unpaired) electrons. The fourth-order valence-electron chi connectivity index (χ4n) is 2.73. The number of carbonyl (C=O) groups is 2. The van der Waals surface area contributed by atoms with Crippen LogP contribution in [-0.2, 0) is 4.74 Å². The molecule has 0 aliphatic heterocycles. The van der Waals surface area contributed by atoms with Gasteiger partial charge < -0.3 is 15.4 Å². The number of hydrogen-bond acceptors (Lipinski definition) is 3. The minimum atomic E-state index is -0.368. The number of carbonyl (C=O) groups excluding carboxylic acids is 2. The average Bonchev–Trinajstić information content (AvgIpc) is 2.69. The summed E-state index contributed by atoms with van der Waals surface area (Å²) in [5.41, 5.74) is 4.84. The first-order valence-corrected chi connectivity index (χ1v) is 8.49. The van der Waals surface area contributed by atoms with Crippen molar-refractivity contribution < 1.29 is 14.3 Å². The zero-order valence-electron chi connectivity index (χ0n) is 15.2. The van der Waals surface area contributed by atoms with Gasteiger partial charge in [-0.15, -0.1) is 0 Å². The third-order valence-corrected chi connectivity index (χ3v) is 4.14. The van der Waals surface area contributed by atoms with Crippen LogP contribution in [0, 0.1) is 6.92 Å². The van der Waals surface area contributed by atoms with Crippen LogP contribution < -0.4 is 10.6 Å². The minimum Gasteiger partial charge on any atom is -0.465 e. The van der Waals surface area contributed by atoms with Crippen molar-refractivity contribution >= 4 is 23.4 Å². The molecule has 0 aromatic heterocycles. The molecule has 0 atom stereocenters. The monoisotopic (exact) mass is 360 g/mol. The first kappa shape index (κ1) is 18.2. The van der Waals surface area contributed by atoms with Gasteiger partial charge in [-0.05, 0) is 60.0 Å². The van der Waals surface area contributed by atoms with E-state index in [1.807, 2.05) is 73.7 Å². The Kier molecular flexibility index (Phi) is 5.52. The van der Waals surface area contributed by atoms with E-state index in [0.29, 0.717) is 11.3 Å². The molecule has 136 valence electrons. The summed E-state index contributed by atoms with van der Waals surface area (Å²) in [6.45, 7) is 1.98. The number of esters is 1. The Labute approximate surface area is 158 Å². The number of amides is 2. The number of hydrogen-bond donors (Lipinski definition) is 2. The number of urea groups is 1. The van der Waals surface area contributed by atoms with Crippen LogP contribution in [0.5, 0.6) is 0 Å². The molecule has 0 aliphatic carbocycles. The van der Waals surface area contributed by atoms with E-state index >= 15 is 0 Å². The lowest BCUT2D eigenvalue weighted by Gasteiger charge is -2.11. The Balaban J connectivity index is 1.74. The number of anilines is 2. The maximum Gasteiger partial charge on any atom is 0.337 e. The zero-order chi connectivity index (χ0) is 19.2. The van der Waals surface area contributed by atoms with E-state index in [2.05, 4.69) is 10.6 Å². The Hall–Kier alpha value is -3.60. The Bertz CT molecular complexity index is 951. The van der Waals surface area contributed by atoms with Gasteiger partial charge in [-0.2, -0.15) is 0 Å². The molecule has 0 unspecified atom stereocenters. The van der Waals surface area contributed by atoms with Gasteiger partial charge in [0, 0.05) is 11.4 Å². The van der Waals surface area contributed by atoms with E-state index < -0.39 is 0 Å². The van der Waals surface area contributed by atoms with Crippen LogP contribution in [0.1, 0.15) is 15.9 Å². The van der Waals surface area contributed by atoms with Crippen molar-refractivity contribution in [2.24, 2.45) is 0 Å². The van der Waals surface area contributed by atoms with Crippen molar-refractivity contribution in [1.29, 1.82) is 0 Å². The minimum absolute atomic E-state index is 0.308. The van der Waals surface area contributed by atoms with Crippen molar-refractivity contribution in [3.05, 3.63) is 83.9 Å². The molecule has 3 aromatic carbocycles. The Morgan fingerprint density at radius 1 is 0.815 bits per heavy atom. The molecule has 5 heteroatoms. The van der Waals surface area contributed by atoms with Crippen LogP contribution in [0.25, 0.3) is 11.1 Å². The lowest BCUT2D eigenvalue weighted by Crippen LogP contribution is -2.19. The maximum absolute atomic E-state index is 12.1. The summed E-state index contributed by atoms with van der Waals surface area (Å²) in [6.07, 6.45) is 0. The predicted octanol–water partition coefficient (Wildman–Crippen LogP) is 5.09. The first-order chi connectivity index (χ1) is 13.1. The second-order valence-corrected chi connectivity index (χ2v) is 6.04. The molecule has 0 saturated carbocycles. The first-order valence-electron chi connectivity index (χ1n) is 8.49. The van der Waals surface area contributed by atoms with Crippen LogP contribution in [0.15, 0.2) is 72.8 Å². The van der Waals surface area contributed by atoms with Crippen molar-refractivity contribution in [1.82, 2.24) is 0 Å². The lowest BCUT2D eigenvalue weighted by atomic mass is 9.98. The molecular weight excluding hydrogens is 340 g/mol. The highest BCUT2D eigenvalue weighted by molar-refractivity contribution is 5.99. The lowest BCUT2D eigenvalue weighted by molar-refractivity contribution is 0.0600. The van der Waals surface area contributed by atoms with Gasteiger partial charge in [0.2, 0.25) is 0 Å². The van der Waals surface area contributed by atoms with Crippen molar-refractivity contribution in [3.8, 4) is 11.1 Å². The van der Waals surface area contributed by atoms with Gasteiger partial charge in [0.05, 0.1) is 12.7 Å². The van der Waals surface area contributed by atoms with Gasteiger partial charge in [-0.1, -0.05) is 36.4 Å². The third-order valence-electron chi connectivity index (χ3n) is 4.14. The number of benzene rings is 3. The fraction of sp³-hybridized carbons (Fsp3) is 0.0909. The Morgan fingerprint density at radius 2 is 1.44 bits per heavy atom. The van der Waals surface area contributed by atoms with Gasteiger partial charge >= 0.3 is 12.0 Å². The molecule has 5 nitrogen and oxygen atoms in total. The number of methoxy groups -OCH3 is 1. The molecule has 0 heterocycles. The topological polar surface area (TPSA) is 67.4 Å². The second kappa shape index (κ2) is 8.19. The van der Waals surface area contributed by atoms with Gasteiger partial charge in [0.15, 0.2) is 0 Å². The largest absolute Gasteiger partial charge is 0.465 e. The quantitative estimate of drug-likeness (QED) is 0.637. The third kappa shape index (κ3) is 4.52. The number of aryl methyl sites for hydroxylation is 1. The van der Waals surface area contributed by atoms with Gasteiger partial charge in [-0.25, -0.2) is 9.59 Å². The molecule has 2 N–H and O–H groups in total. The van der Waals surface area contributed by atoms with E-state index in [0.717, 1.165) is 22.4 Å². The maximum atomic E-state index is 12.1. The van der Waals surface area contributed by atoms with Gasteiger partial charge in [0.25, 0.3) is 0 Å². The molecule has 3 rings (SSSR count). The highest BCUT2D eigenvalue weighted by Crippen LogP contribution is 2.26. The Morgan fingerprint density at radius 3 is 2.07 bits per heavy atom. The summed E-state index contributed by atoms with van der Waals surface area (Å²) in [5.74, 6) is -0.368. The zero-order valence-corrected chi connectivity index (χ0v) is 15.2. The summed E-state index contributed by atoms with van der Waals surface area (Å²) in [5, 5.41) is 5.57. The van der Waals surface area contributed by atoms with Crippen molar-refractivity contribution in [3.63, 3.8) is 0 Å². The molecule has 0 fully saturated rings. The summed E-state index contributed by atoms with van der Waals surface area (Å²) < 4.78 is 4.79. The number of rotatable bonds is 4. The highest BCUT2D eigenvalue weighted by Gasteiger charge is 2.10. The summed E-state index contributed by atoms with van der Waals surface area (Å²) in [7, 11) is 1.36. The van der Waals surface area contributed by atoms with Crippen molar-refractivity contribution in [2.45, 2.75) is 6.92 Å². The van der Waals surface area contributed by atoms with E-state index in [9.17, 15) is 9.59 Å². The van der Waals surface area contributed by atoms with Crippen LogP contribution in [-0.4, -0.2) is 19.1 Å². The van der Waals surface area contributed by atoms with Crippen LogP contribution in [0.4, 0.5) is 16.2 Å². The highest BCUT2D eigenvalue weighted by atomic mass is 16.5. The molecule has 0 bridgehead atoms. The molecule has 2 amide bonds. The molecule has 27 heavy (non-hydrogen) atoms. The van der Waals surface area contributed by atoms with Gasteiger partial charge in [-0.3, -0.25) is 0 Å². The molecule has 0 aliphatic rings. The molecular formula is C22H20N2O3. The van der Waals surface area contributed by atoms with Crippen molar-refractivity contribution in [2.75, 3.05) is 17.7 Å². The van der Waals surface area contributed by atoms with E-state index in [4.69, 9.17) is 4.74 Å². The number of nitrogens with one attached hydrogen (secondary N) is 2. The normalized spacial score (nSPS) is 10.1. The smallest absolute Gasteiger partial charge is 0.337 e. The van der Waals surface area contributed by atoms with E-state index in [1.165, 1.54) is 7.11 Å². The number of para-hydroxylation sites is 1. The SMILES string of the molecule is COC(=O)c1ccc(C)c(-c2ccc(NC(=O)Nc3ccccc3)cc2)c1. The predicted molar refractivity (Wildman–Crippen MR) is 107 cm³/mol. The van der Waals surface area contributed by atoms with Crippen LogP contribution in [0.2, 0.25) is 0 Å². The van der Waals surface area contributed by atoms with Crippen LogP contribution in [0.3, 0.4) is 0 Å². The van der Waals surface area contributed by atoms with E-state index in [-0.39, 0.29) is 12.0 Å². The summed E-state index contributed by atoms with van der Waals surface area (Å²) >= 11 is 0. The second-order valence-electron chi connectivity index (χ2n) is 6.04. The number of ether oxygens (including phenoxy) is 1. The fourth-order valence-corrected chi connectivity index (χ4v) is 2.73. The molecule has 3 aromatic rings. The summed E-state index contributed by atoms with van der Waals surface area (Å²) in [6, 6.07) is 21.8. The molecule has 0 saturated heterocycles. The van der Waals surface area contributed by atoms with Gasteiger partial charge in [0.1, 0.15) is 0 Å². The average molecular weight is 360 g/mol. The molecule has 0 spiro atoms. The standard InChI is InChI=1S/C22H20N2O3/c1-15-8-9-17(21(25)27-2)14-20(15)16-10-12-19(13-11-16)24-22(26)23-18-6-4-3-5-7-18/h3-14H,1-2H3,(H2,23,24,26). The summed E-state index contributed by atoms with van der Waals surface area (Å²) in [4.78, 5) is 23.8. The van der Waals surface area contributed by atoms with E-state index in [1.54, 1.807) is 6.07 Å².